The van der Waals surface area contributed by atoms with Gasteiger partial charge in [-0.05, 0) is 36.6 Å². The summed E-state index contributed by atoms with van der Waals surface area (Å²) in [7, 11) is -3.25. The molecule has 1 aromatic carbocycles. The number of nitrogens with one attached hydrogen (secondary N) is 2. The number of rotatable bonds is 4. The maximum atomic E-state index is 11.3. The Balaban J connectivity index is 0.00000200. The van der Waals surface area contributed by atoms with Crippen LogP contribution in [0.1, 0.15) is 16.7 Å². The molecule has 1 aliphatic rings. The van der Waals surface area contributed by atoms with E-state index in [1.54, 1.807) is 6.07 Å². The zero-order chi connectivity index (χ0) is 14.0. The second-order valence-corrected chi connectivity index (χ2v) is 6.59. The number of aliphatic imine (C=N–C) groups is 1. The van der Waals surface area contributed by atoms with Gasteiger partial charge in [-0.2, -0.15) is 0 Å². The lowest BCUT2D eigenvalue weighted by atomic mass is 9.98. The lowest BCUT2D eigenvalue weighted by Crippen LogP contribution is -2.21. The highest BCUT2D eigenvalue weighted by Gasteiger charge is 2.14. The maximum Gasteiger partial charge on any atom is 0.229 e. The van der Waals surface area contributed by atoms with Gasteiger partial charge in [-0.25, -0.2) is 8.42 Å². The first-order valence-corrected chi connectivity index (χ1v) is 8.10. The topological polar surface area (TPSA) is 70.6 Å². The summed E-state index contributed by atoms with van der Waals surface area (Å²) in [5.74, 6) is 0.975. The molecule has 20 heavy (non-hydrogen) atoms. The molecular formula is C13H20ClN3O2S. The van der Waals surface area contributed by atoms with Crippen molar-refractivity contribution in [1.29, 1.82) is 0 Å². The Hall–Kier alpha value is -1.27. The minimum atomic E-state index is -3.25. The second kappa shape index (κ2) is 6.45. The van der Waals surface area contributed by atoms with Crippen molar-refractivity contribution < 1.29 is 8.42 Å². The van der Waals surface area contributed by atoms with Crippen molar-refractivity contribution >= 4 is 34.0 Å². The van der Waals surface area contributed by atoms with Crippen LogP contribution in [0.5, 0.6) is 0 Å². The molecule has 0 bridgehead atoms. The molecule has 7 heteroatoms. The molecule has 0 fully saturated rings. The average molecular weight is 318 g/mol. The number of hydrogen-bond donors (Lipinski definition) is 2. The van der Waals surface area contributed by atoms with Crippen LogP contribution in [-0.4, -0.2) is 33.6 Å². The van der Waals surface area contributed by atoms with Crippen LogP contribution in [0.3, 0.4) is 0 Å². The van der Waals surface area contributed by atoms with Gasteiger partial charge in [-0.15, -0.1) is 12.4 Å². The Morgan fingerprint density at radius 2 is 2.05 bits per heavy atom. The number of benzene rings is 1. The van der Waals surface area contributed by atoms with Gasteiger partial charge < -0.3 is 5.32 Å². The van der Waals surface area contributed by atoms with E-state index in [1.807, 2.05) is 19.9 Å². The molecule has 112 valence electrons. The van der Waals surface area contributed by atoms with Gasteiger partial charge in [-0.3, -0.25) is 9.71 Å². The van der Waals surface area contributed by atoms with E-state index in [0.717, 1.165) is 48.3 Å². The van der Waals surface area contributed by atoms with E-state index in [-0.39, 0.29) is 12.4 Å². The van der Waals surface area contributed by atoms with E-state index in [2.05, 4.69) is 15.0 Å². The largest absolute Gasteiger partial charge is 0.372 e. The molecule has 0 saturated carbocycles. The number of sulfonamides is 1. The van der Waals surface area contributed by atoms with Gasteiger partial charge in [0.25, 0.3) is 0 Å². The second-order valence-electron chi connectivity index (χ2n) is 4.84. The molecule has 0 saturated heterocycles. The van der Waals surface area contributed by atoms with E-state index in [0.29, 0.717) is 5.69 Å². The summed E-state index contributed by atoms with van der Waals surface area (Å²) in [6, 6.07) is 3.74. The Morgan fingerprint density at radius 1 is 1.35 bits per heavy atom. The smallest absolute Gasteiger partial charge is 0.229 e. The number of amidine groups is 1. The molecule has 0 atom stereocenters. The molecule has 0 aliphatic carbocycles. The van der Waals surface area contributed by atoms with E-state index in [1.165, 1.54) is 0 Å². The van der Waals surface area contributed by atoms with Crippen LogP contribution in [0.4, 0.5) is 5.69 Å². The van der Waals surface area contributed by atoms with Crippen LogP contribution in [0.25, 0.3) is 0 Å². The third-order valence-corrected chi connectivity index (χ3v) is 3.81. The summed E-state index contributed by atoms with van der Waals surface area (Å²) in [6.45, 7) is 5.66. The zero-order valence-electron chi connectivity index (χ0n) is 11.9. The predicted molar refractivity (Wildman–Crippen MR) is 85.6 cm³/mol. The van der Waals surface area contributed by atoms with Gasteiger partial charge in [0.15, 0.2) is 0 Å². The number of halogens is 1. The van der Waals surface area contributed by atoms with E-state index in [9.17, 15) is 8.42 Å². The van der Waals surface area contributed by atoms with Gasteiger partial charge in [0.05, 0.1) is 18.5 Å². The Bertz CT molecular complexity index is 627. The van der Waals surface area contributed by atoms with Gasteiger partial charge in [0.2, 0.25) is 10.0 Å². The van der Waals surface area contributed by atoms with Gasteiger partial charge in [0.1, 0.15) is 5.84 Å². The summed E-state index contributed by atoms with van der Waals surface area (Å²) in [4.78, 5) is 4.38. The molecule has 1 heterocycles. The number of hydrogen-bond acceptors (Lipinski definition) is 4. The SMILES string of the molecule is Cc1ccc(NS(C)(=O)=O)c(C)c1CC1=NCCN1.Cl. The number of anilines is 1. The van der Waals surface area contributed by atoms with E-state index >= 15 is 0 Å². The molecule has 0 radical (unpaired) electrons. The van der Waals surface area contributed by atoms with Gasteiger partial charge >= 0.3 is 0 Å². The third-order valence-electron chi connectivity index (χ3n) is 3.22. The fourth-order valence-corrected chi connectivity index (χ4v) is 2.83. The van der Waals surface area contributed by atoms with E-state index < -0.39 is 10.0 Å². The minimum Gasteiger partial charge on any atom is -0.372 e. The van der Waals surface area contributed by atoms with Gasteiger partial charge in [-0.1, -0.05) is 6.07 Å². The zero-order valence-corrected chi connectivity index (χ0v) is 13.5. The van der Waals surface area contributed by atoms with Crippen molar-refractivity contribution in [2.24, 2.45) is 4.99 Å². The normalized spacial score (nSPS) is 14.2. The van der Waals surface area contributed by atoms with E-state index in [4.69, 9.17) is 0 Å². The number of nitrogens with zero attached hydrogens (tertiary/aromatic N) is 1. The predicted octanol–water partition coefficient (Wildman–Crippen LogP) is 1.64. The average Bonchev–Trinajstić information content (AvgIpc) is 2.79. The van der Waals surface area contributed by atoms with Crippen LogP contribution < -0.4 is 10.0 Å². The first-order valence-electron chi connectivity index (χ1n) is 6.21. The summed E-state index contributed by atoms with van der Waals surface area (Å²) in [6.07, 6.45) is 1.88. The monoisotopic (exact) mass is 317 g/mol. The molecule has 1 aliphatic heterocycles. The molecule has 0 aromatic heterocycles. The molecule has 0 spiro atoms. The van der Waals surface area contributed by atoms with Crippen molar-refractivity contribution in [3.63, 3.8) is 0 Å². The van der Waals surface area contributed by atoms with Crippen molar-refractivity contribution in [3.8, 4) is 0 Å². The highest BCUT2D eigenvalue weighted by atomic mass is 35.5. The van der Waals surface area contributed by atoms with Crippen molar-refractivity contribution in [1.82, 2.24) is 5.32 Å². The first kappa shape index (κ1) is 16.8. The number of aryl methyl sites for hydroxylation is 1. The summed E-state index contributed by atoms with van der Waals surface area (Å²) in [5.41, 5.74) is 3.87. The molecular weight excluding hydrogens is 298 g/mol. The fourth-order valence-electron chi connectivity index (χ4n) is 2.21. The molecule has 2 rings (SSSR count). The third kappa shape index (κ3) is 4.11. The van der Waals surface area contributed by atoms with Crippen molar-refractivity contribution in [3.05, 3.63) is 28.8 Å². The molecule has 1 aromatic rings. The van der Waals surface area contributed by atoms with Crippen LogP contribution >= 0.6 is 12.4 Å². The molecule has 2 N–H and O–H groups in total. The van der Waals surface area contributed by atoms with Gasteiger partial charge in [0, 0.05) is 13.0 Å². The highest BCUT2D eigenvalue weighted by molar-refractivity contribution is 7.92. The van der Waals surface area contributed by atoms with Crippen LogP contribution in [0.2, 0.25) is 0 Å². The summed E-state index contributed by atoms with van der Waals surface area (Å²) in [5, 5.41) is 3.24. The Morgan fingerprint density at radius 3 is 2.60 bits per heavy atom. The first-order chi connectivity index (χ1) is 8.87. The molecule has 0 amide bonds. The van der Waals surface area contributed by atoms with Crippen LogP contribution in [-0.2, 0) is 16.4 Å². The fraction of sp³-hybridized carbons (Fsp3) is 0.462. The standard InChI is InChI=1S/C13H19N3O2S.ClH/c1-9-4-5-12(16-19(3,17)18)10(2)11(9)8-13-14-6-7-15-13;/h4-5,16H,6-8H2,1-3H3,(H,14,15);1H. The lowest BCUT2D eigenvalue weighted by molar-refractivity contribution is 0.607. The maximum absolute atomic E-state index is 11.3. The quantitative estimate of drug-likeness (QED) is 0.887. The Labute approximate surface area is 126 Å². The summed E-state index contributed by atoms with van der Waals surface area (Å²) >= 11 is 0. The minimum absolute atomic E-state index is 0. The Kier molecular flexibility index (Phi) is 5.42. The molecule has 5 nitrogen and oxygen atoms in total. The molecule has 0 unspecified atom stereocenters. The lowest BCUT2D eigenvalue weighted by Gasteiger charge is -2.15. The van der Waals surface area contributed by atoms with Crippen molar-refractivity contribution in [2.45, 2.75) is 20.3 Å². The van der Waals surface area contributed by atoms with Crippen LogP contribution in [0, 0.1) is 13.8 Å². The van der Waals surface area contributed by atoms with Crippen molar-refractivity contribution in [2.75, 3.05) is 24.1 Å². The summed E-state index contributed by atoms with van der Waals surface area (Å²) < 4.78 is 25.2. The highest BCUT2D eigenvalue weighted by Crippen LogP contribution is 2.24. The van der Waals surface area contributed by atoms with Crippen LogP contribution in [0.15, 0.2) is 17.1 Å².